The van der Waals surface area contributed by atoms with Crippen molar-refractivity contribution in [1.82, 2.24) is 10.2 Å². The highest BCUT2D eigenvalue weighted by molar-refractivity contribution is 5.75. The van der Waals surface area contributed by atoms with Gasteiger partial charge in [-0.25, -0.2) is 4.79 Å². The zero-order valence-electron chi connectivity index (χ0n) is 6.16. The lowest BCUT2D eigenvalue weighted by atomic mass is 10.2. The van der Waals surface area contributed by atoms with E-state index in [1.54, 1.807) is 7.05 Å². The molecule has 2 N–H and O–H groups in total. The second-order valence-electron chi connectivity index (χ2n) is 2.68. The first-order valence-electron chi connectivity index (χ1n) is 3.32. The minimum atomic E-state index is -0.622. The molecular formula is C6H12N2O2. The highest BCUT2D eigenvalue weighted by atomic mass is 16.3. The minimum Gasteiger partial charge on any atom is -0.373 e. The SMILES string of the molecule is C[C@H]1C[C@@H](O)N(C)C(=O)N1. The molecule has 58 valence electrons. The molecule has 0 spiro atoms. The van der Waals surface area contributed by atoms with Gasteiger partial charge >= 0.3 is 6.03 Å². The van der Waals surface area contributed by atoms with Gasteiger partial charge in [0.1, 0.15) is 6.23 Å². The van der Waals surface area contributed by atoms with E-state index in [1.807, 2.05) is 6.92 Å². The predicted molar refractivity (Wildman–Crippen MR) is 36.4 cm³/mol. The Balaban J connectivity index is 2.57. The second kappa shape index (κ2) is 2.46. The number of aliphatic hydroxyl groups excluding tert-OH is 1. The Bertz CT molecular complexity index is 149. The molecule has 0 aromatic rings. The van der Waals surface area contributed by atoms with Gasteiger partial charge in [0.05, 0.1) is 0 Å². The number of urea groups is 1. The smallest absolute Gasteiger partial charge is 0.319 e. The van der Waals surface area contributed by atoms with E-state index in [0.29, 0.717) is 6.42 Å². The van der Waals surface area contributed by atoms with Crippen molar-refractivity contribution in [3.05, 3.63) is 0 Å². The summed E-state index contributed by atoms with van der Waals surface area (Å²) in [6.07, 6.45) is -0.0221. The van der Waals surface area contributed by atoms with Crippen molar-refractivity contribution in [1.29, 1.82) is 0 Å². The van der Waals surface area contributed by atoms with Crippen LogP contribution in [-0.2, 0) is 0 Å². The molecule has 4 heteroatoms. The predicted octanol–water partition coefficient (Wildman–Crippen LogP) is -0.262. The van der Waals surface area contributed by atoms with E-state index in [0.717, 1.165) is 0 Å². The van der Waals surface area contributed by atoms with Gasteiger partial charge < -0.3 is 15.3 Å². The number of carbonyl (C=O) groups excluding carboxylic acids is 1. The van der Waals surface area contributed by atoms with Crippen LogP contribution in [0, 0.1) is 0 Å². The third-order valence-corrected chi connectivity index (χ3v) is 1.70. The second-order valence-corrected chi connectivity index (χ2v) is 2.68. The van der Waals surface area contributed by atoms with Crippen molar-refractivity contribution in [3.8, 4) is 0 Å². The summed E-state index contributed by atoms with van der Waals surface area (Å²) in [6.45, 7) is 1.87. The Morgan fingerprint density at radius 2 is 2.40 bits per heavy atom. The average molecular weight is 144 g/mol. The average Bonchev–Trinajstić information content (AvgIpc) is 1.82. The van der Waals surface area contributed by atoms with Crippen LogP contribution in [0.5, 0.6) is 0 Å². The van der Waals surface area contributed by atoms with Gasteiger partial charge in [0.25, 0.3) is 0 Å². The monoisotopic (exact) mass is 144 g/mol. The first-order chi connectivity index (χ1) is 4.61. The van der Waals surface area contributed by atoms with Crippen LogP contribution in [0.2, 0.25) is 0 Å². The van der Waals surface area contributed by atoms with Gasteiger partial charge in [0.2, 0.25) is 0 Å². The molecule has 2 atom stereocenters. The van der Waals surface area contributed by atoms with Crippen molar-refractivity contribution in [2.24, 2.45) is 0 Å². The molecular weight excluding hydrogens is 132 g/mol. The minimum absolute atomic E-state index is 0.0821. The molecule has 2 amide bonds. The van der Waals surface area contributed by atoms with E-state index >= 15 is 0 Å². The van der Waals surface area contributed by atoms with Crippen molar-refractivity contribution in [2.45, 2.75) is 25.6 Å². The maximum atomic E-state index is 10.9. The molecule has 0 aliphatic carbocycles. The highest BCUT2D eigenvalue weighted by Crippen LogP contribution is 2.08. The number of hydrogen-bond acceptors (Lipinski definition) is 2. The van der Waals surface area contributed by atoms with Gasteiger partial charge in [-0.2, -0.15) is 0 Å². The van der Waals surface area contributed by atoms with E-state index in [1.165, 1.54) is 4.90 Å². The number of nitrogens with zero attached hydrogens (tertiary/aromatic N) is 1. The summed E-state index contributed by atoms with van der Waals surface area (Å²) in [5.41, 5.74) is 0. The lowest BCUT2D eigenvalue weighted by Crippen LogP contribution is -2.53. The Morgan fingerprint density at radius 3 is 2.90 bits per heavy atom. The Kier molecular flexibility index (Phi) is 1.80. The standard InChI is InChI=1S/C6H12N2O2/c1-4-3-5(9)8(2)6(10)7-4/h4-5,9H,3H2,1-2H3,(H,7,10)/t4-,5+/m0/s1. The lowest BCUT2D eigenvalue weighted by Gasteiger charge is -2.32. The normalized spacial score (nSPS) is 33.9. The van der Waals surface area contributed by atoms with Gasteiger partial charge in [-0.15, -0.1) is 0 Å². The third kappa shape index (κ3) is 1.21. The Hall–Kier alpha value is -0.770. The Labute approximate surface area is 59.8 Å². The summed E-state index contributed by atoms with van der Waals surface area (Å²) in [5, 5.41) is 11.9. The van der Waals surface area contributed by atoms with E-state index in [2.05, 4.69) is 5.32 Å². The van der Waals surface area contributed by atoms with Gasteiger partial charge in [-0.1, -0.05) is 0 Å². The fraction of sp³-hybridized carbons (Fsp3) is 0.833. The molecule has 4 nitrogen and oxygen atoms in total. The summed E-state index contributed by atoms with van der Waals surface area (Å²) in [4.78, 5) is 12.2. The zero-order chi connectivity index (χ0) is 7.72. The maximum Gasteiger partial charge on any atom is 0.319 e. The summed E-state index contributed by atoms with van der Waals surface area (Å²) in [7, 11) is 1.58. The molecule has 1 heterocycles. The van der Waals surface area contributed by atoms with Crippen LogP contribution in [0.1, 0.15) is 13.3 Å². The number of nitrogens with one attached hydrogen (secondary N) is 1. The number of aliphatic hydroxyl groups is 1. The van der Waals surface area contributed by atoms with Crippen molar-refractivity contribution in [2.75, 3.05) is 7.05 Å². The van der Waals surface area contributed by atoms with Crippen molar-refractivity contribution >= 4 is 6.03 Å². The molecule has 1 rings (SSSR count). The zero-order valence-corrected chi connectivity index (χ0v) is 6.16. The van der Waals surface area contributed by atoms with Crippen LogP contribution in [-0.4, -0.2) is 35.4 Å². The van der Waals surface area contributed by atoms with Crippen LogP contribution < -0.4 is 5.32 Å². The van der Waals surface area contributed by atoms with E-state index in [-0.39, 0.29) is 12.1 Å². The van der Waals surface area contributed by atoms with Crippen molar-refractivity contribution in [3.63, 3.8) is 0 Å². The van der Waals surface area contributed by atoms with Gasteiger partial charge in [0, 0.05) is 19.5 Å². The number of amides is 2. The Morgan fingerprint density at radius 1 is 1.80 bits per heavy atom. The summed E-state index contributed by atoms with van der Waals surface area (Å²) in [6, 6.07) is -0.120. The quantitative estimate of drug-likeness (QED) is 0.492. The largest absolute Gasteiger partial charge is 0.373 e. The fourth-order valence-corrected chi connectivity index (χ4v) is 0.981. The molecule has 0 radical (unpaired) electrons. The van der Waals surface area contributed by atoms with Gasteiger partial charge in [-0.3, -0.25) is 0 Å². The number of rotatable bonds is 0. The number of hydrogen-bond donors (Lipinski definition) is 2. The first-order valence-corrected chi connectivity index (χ1v) is 3.32. The summed E-state index contributed by atoms with van der Waals surface area (Å²) in [5.74, 6) is 0. The number of carbonyl (C=O) groups is 1. The van der Waals surface area contributed by atoms with Crippen LogP contribution >= 0.6 is 0 Å². The van der Waals surface area contributed by atoms with E-state index in [9.17, 15) is 9.90 Å². The van der Waals surface area contributed by atoms with Crippen LogP contribution in [0.15, 0.2) is 0 Å². The highest BCUT2D eigenvalue weighted by Gasteiger charge is 2.26. The van der Waals surface area contributed by atoms with Gasteiger partial charge in [0.15, 0.2) is 0 Å². The molecule has 1 saturated heterocycles. The molecule has 0 saturated carbocycles. The molecule has 0 bridgehead atoms. The molecule has 10 heavy (non-hydrogen) atoms. The molecule has 0 unspecified atom stereocenters. The van der Waals surface area contributed by atoms with E-state index in [4.69, 9.17) is 0 Å². The lowest BCUT2D eigenvalue weighted by molar-refractivity contribution is 0.0164. The van der Waals surface area contributed by atoms with Gasteiger partial charge in [-0.05, 0) is 6.92 Å². The van der Waals surface area contributed by atoms with Crippen molar-refractivity contribution < 1.29 is 9.90 Å². The molecule has 1 aliphatic heterocycles. The van der Waals surface area contributed by atoms with Crippen LogP contribution in [0.3, 0.4) is 0 Å². The maximum absolute atomic E-state index is 10.9. The summed E-state index contributed by atoms with van der Waals surface area (Å²) < 4.78 is 0. The topological polar surface area (TPSA) is 52.6 Å². The first kappa shape index (κ1) is 7.34. The van der Waals surface area contributed by atoms with Crippen LogP contribution in [0.25, 0.3) is 0 Å². The summed E-state index contributed by atoms with van der Waals surface area (Å²) >= 11 is 0. The molecule has 0 aromatic carbocycles. The van der Waals surface area contributed by atoms with Crippen LogP contribution in [0.4, 0.5) is 4.79 Å². The molecule has 1 fully saturated rings. The van der Waals surface area contributed by atoms with E-state index < -0.39 is 6.23 Å². The molecule has 0 aromatic heterocycles. The third-order valence-electron chi connectivity index (χ3n) is 1.70. The molecule has 1 aliphatic rings. The fourth-order valence-electron chi connectivity index (χ4n) is 0.981.